The third-order valence-corrected chi connectivity index (χ3v) is 3.96. The molecule has 0 fully saturated rings. The molecule has 142 valence electrons. The zero-order valence-corrected chi connectivity index (χ0v) is 14.8. The van der Waals surface area contributed by atoms with Gasteiger partial charge in [-0.25, -0.2) is 4.39 Å². The molecule has 0 aliphatic carbocycles. The molecule has 0 atom stereocenters. The van der Waals surface area contributed by atoms with Crippen LogP contribution in [0.25, 0.3) is 0 Å². The number of hydrogen-bond acceptors (Lipinski definition) is 4. The van der Waals surface area contributed by atoms with Crippen LogP contribution in [-0.2, 0) is 0 Å². The lowest BCUT2D eigenvalue weighted by Crippen LogP contribution is -2.35. The van der Waals surface area contributed by atoms with Gasteiger partial charge in [0, 0.05) is 24.2 Å². The summed E-state index contributed by atoms with van der Waals surface area (Å²) in [5, 5.41) is 5.27. The first kappa shape index (κ1) is 19.0. The van der Waals surface area contributed by atoms with Gasteiger partial charge in [-0.05, 0) is 42.5 Å². The fraction of sp³-hybridized carbons (Fsp3) is 0.0952. The van der Waals surface area contributed by atoms with Crippen molar-refractivity contribution in [1.29, 1.82) is 0 Å². The number of rotatable bonds is 7. The molecule has 0 bridgehead atoms. The van der Waals surface area contributed by atoms with Gasteiger partial charge in [-0.2, -0.15) is 0 Å². The predicted octanol–water partition coefficient (Wildman–Crippen LogP) is 2.81. The molecule has 0 radical (unpaired) electrons. The molecule has 1 aromatic heterocycles. The van der Waals surface area contributed by atoms with E-state index in [-0.39, 0.29) is 47.2 Å². The van der Waals surface area contributed by atoms with Gasteiger partial charge in [0.15, 0.2) is 11.5 Å². The Labute approximate surface area is 160 Å². The van der Waals surface area contributed by atoms with E-state index in [0.717, 1.165) is 0 Å². The van der Waals surface area contributed by atoms with E-state index in [1.807, 2.05) is 0 Å². The number of carbonyl (C=O) groups is 3. The second-order valence-electron chi connectivity index (χ2n) is 5.87. The van der Waals surface area contributed by atoms with Gasteiger partial charge in [0.05, 0.1) is 11.8 Å². The molecule has 0 unspecified atom stereocenters. The zero-order chi connectivity index (χ0) is 19.9. The Hall–Kier alpha value is -3.74. The summed E-state index contributed by atoms with van der Waals surface area (Å²) in [6, 6.07) is 14.6. The SMILES string of the molecule is O=C(NCCNC(=O)c1ccccc1C(=O)c1ccc(F)cc1)c1ccco1. The van der Waals surface area contributed by atoms with Crippen LogP contribution in [-0.4, -0.2) is 30.7 Å². The van der Waals surface area contributed by atoms with Crippen LogP contribution in [0.4, 0.5) is 4.39 Å². The van der Waals surface area contributed by atoms with Gasteiger partial charge >= 0.3 is 0 Å². The van der Waals surface area contributed by atoms with Crippen molar-refractivity contribution in [1.82, 2.24) is 10.6 Å². The van der Waals surface area contributed by atoms with Gasteiger partial charge in [-0.1, -0.05) is 18.2 Å². The van der Waals surface area contributed by atoms with Gasteiger partial charge in [0.25, 0.3) is 11.8 Å². The number of carbonyl (C=O) groups excluding carboxylic acids is 3. The molecule has 2 amide bonds. The van der Waals surface area contributed by atoms with Crippen LogP contribution in [0.3, 0.4) is 0 Å². The summed E-state index contributed by atoms with van der Waals surface area (Å²) in [5.74, 6) is -1.47. The highest BCUT2D eigenvalue weighted by molar-refractivity contribution is 6.15. The Balaban J connectivity index is 1.62. The predicted molar refractivity (Wildman–Crippen MR) is 99.6 cm³/mol. The lowest BCUT2D eigenvalue weighted by atomic mass is 9.98. The molecule has 0 spiro atoms. The molecule has 0 aliphatic rings. The fourth-order valence-electron chi connectivity index (χ4n) is 2.58. The molecule has 0 aliphatic heterocycles. The number of ketones is 1. The van der Waals surface area contributed by atoms with E-state index in [0.29, 0.717) is 0 Å². The molecular weight excluding hydrogens is 363 g/mol. The van der Waals surface area contributed by atoms with Crippen LogP contribution < -0.4 is 10.6 Å². The summed E-state index contributed by atoms with van der Waals surface area (Å²) < 4.78 is 18.0. The van der Waals surface area contributed by atoms with Crippen LogP contribution in [0.1, 0.15) is 36.8 Å². The van der Waals surface area contributed by atoms with Crippen molar-refractivity contribution >= 4 is 17.6 Å². The third kappa shape index (κ3) is 4.50. The molecular formula is C21H17FN2O4. The van der Waals surface area contributed by atoms with Crippen molar-refractivity contribution < 1.29 is 23.2 Å². The zero-order valence-electron chi connectivity index (χ0n) is 14.8. The van der Waals surface area contributed by atoms with Gasteiger partial charge in [0.2, 0.25) is 0 Å². The van der Waals surface area contributed by atoms with Crippen molar-refractivity contribution in [2.75, 3.05) is 13.1 Å². The molecule has 2 N–H and O–H groups in total. The molecule has 0 saturated heterocycles. The number of nitrogens with one attached hydrogen (secondary N) is 2. The van der Waals surface area contributed by atoms with Crippen LogP contribution in [0.2, 0.25) is 0 Å². The maximum atomic E-state index is 13.1. The minimum atomic E-state index is -0.446. The smallest absolute Gasteiger partial charge is 0.287 e. The first-order valence-electron chi connectivity index (χ1n) is 8.55. The largest absolute Gasteiger partial charge is 0.459 e. The number of amides is 2. The number of furan rings is 1. The van der Waals surface area contributed by atoms with E-state index in [1.165, 1.54) is 42.7 Å². The molecule has 2 aromatic carbocycles. The Morgan fingerprint density at radius 2 is 1.43 bits per heavy atom. The van der Waals surface area contributed by atoms with Gasteiger partial charge in [-0.15, -0.1) is 0 Å². The van der Waals surface area contributed by atoms with E-state index < -0.39 is 11.7 Å². The monoisotopic (exact) mass is 380 g/mol. The minimum absolute atomic E-state index is 0.171. The summed E-state index contributed by atoms with van der Waals surface area (Å²) >= 11 is 0. The lowest BCUT2D eigenvalue weighted by Gasteiger charge is -2.10. The highest BCUT2D eigenvalue weighted by Gasteiger charge is 2.18. The summed E-state index contributed by atoms with van der Waals surface area (Å²) in [7, 11) is 0. The second kappa shape index (κ2) is 8.77. The average Bonchev–Trinajstić information content (AvgIpc) is 3.26. The average molecular weight is 380 g/mol. The standard InChI is InChI=1S/C21H17FN2O4/c22-15-9-7-14(8-10-15)19(25)16-4-1-2-5-17(16)20(26)23-11-12-24-21(27)18-6-3-13-28-18/h1-10,13H,11-12H2,(H,23,26)(H,24,27). The highest BCUT2D eigenvalue weighted by atomic mass is 19.1. The number of hydrogen-bond donors (Lipinski definition) is 2. The van der Waals surface area contributed by atoms with Gasteiger partial charge in [0.1, 0.15) is 5.82 Å². The van der Waals surface area contributed by atoms with E-state index in [4.69, 9.17) is 4.42 Å². The lowest BCUT2D eigenvalue weighted by molar-refractivity contribution is 0.0909. The van der Waals surface area contributed by atoms with Crippen LogP contribution in [0, 0.1) is 5.82 Å². The molecule has 3 rings (SSSR count). The summed E-state index contributed by atoms with van der Waals surface area (Å²) in [5.41, 5.74) is 0.702. The van der Waals surface area contributed by atoms with E-state index in [2.05, 4.69) is 10.6 Å². The van der Waals surface area contributed by atoms with Gasteiger partial charge in [-0.3, -0.25) is 14.4 Å². The first-order valence-corrected chi connectivity index (χ1v) is 8.55. The second-order valence-corrected chi connectivity index (χ2v) is 5.87. The topological polar surface area (TPSA) is 88.4 Å². The molecule has 3 aromatic rings. The summed E-state index contributed by atoms with van der Waals surface area (Å²) in [6.07, 6.45) is 1.39. The van der Waals surface area contributed by atoms with Crippen molar-refractivity contribution in [2.24, 2.45) is 0 Å². The molecule has 28 heavy (non-hydrogen) atoms. The Kier molecular flexibility index (Phi) is 5.96. The van der Waals surface area contributed by atoms with Crippen molar-refractivity contribution in [2.45, 2.75) is 0 Å². The third-order valence-electron chi connectivity index (χ3n) is 3.96. The minimum Gasteiger partial charge on any atom is -0.459 e. The summed E-state index contributed by atoms with van der Waals surface area (Å²) in [4.78, 5) is 36.9. The Morgan fingerprint density at radius 3 is 2.07 bits per heavy atom. The fourth-order valence-corrected chi connectivity index (χ4v) is 2.58. The van der Waals surface area contributed by atoms with Crippen LogP contribution in [0.15, 0.2) is 71.3 Å². The normalized spacial score (nSPS) is 10.3. The number of benzene rings is 2. The molecule has 1 heterocycles. The highest BCUT2D eigenvalue weighted by Crippen LogP contribution is 2.15. The van der Waals surface area contributed by atoms with E-state index >= 15 is 0 Å². The van der Waals surface area contributed by atoms with Crippen LogP contribution >= 0.6 is 0 Å². The van der Waals surface area contributed by atoms with E-state index in [1.54, 1.807) is 24.3 Å². The van der Waals surface area contributed by atoms with Crippen molar-refractivity contribution in [3.05, 3.63) is 95.2 Å². The molecule has 7 heteroatoms. The van der Waals surface area contributed by atoms with Gasteiger partial charge < -0.3 is 15.1 Å². The maximum Gasteiger partial charge on any atom is 0.287 e. The quantitative estimate of drug-likeness (QED) is 0.487. The van der Waals surface area contributed by atoms with Crippen molar-refractivity contribution in [3.8, 4) is 0 Å². The Morgan fingerprint density at radius 1 is 0.786 bits per heavy atom. The molecule has 0 saturated carbocycles. The van der Waals surface area contributed by atoms with Crippen LogP contribution in [0.5, 0.6) is 0 Å². The molecule has 6 nitrogen and oxygen atoms in total. The maximum absolute atomic E-state index is 13.1. The van der Waals surface area contributed by atoms with Crippen molar-refractivity contribution in [3.63, 3.8) is 0 Å². The first-order chi connectivity index (χ1) is 13.6. The van der Waals surface area contributed by atoms with E-state index in [9.17, 15) is 18.8 Å². The Bertz CT molecular complexity index is 982. The summed E-state index contributed by atoms with van der Waals surface area (Å²) in [6.45, 7) is 0.365. The number of halogens is 1.